The maximum absolute atomic E-state index is 5.04. The highest BCUT2D eigenvalue weighted by molar-refractivity contribution is 5.22. The summed E-state index contributed by atoms with van der Waals surface area (Å²) in [5.41, 5.74) is 2.82. The third-order valence-corrected chi connectivity index (χ3v) is 3.20. The molecule has 0 amide bonds. The molecule has 0 aliphatic carbocycles. The molecular weight excluding hydrogens is 234 g/mol. The summed E-state index contributed by atoms with van der Waals surface area (Å²) in [4.78, 5) is 0. The highest BCUT2D eigenvalue weighted by Gasteiger charge is 1.98. The van der Waals surface area contributed by atoms with E-state index in [1.165, 1.54) is 36.8 Å². The lowest BCUT2D eigenvalue weighted by molar-refractivity contribution is 0.192. The van der Waals surface area contributed by atoms with Crippen LogP contribution in [0.2, 0.25) is 0 Å². The van der Waals surface area contributed by atoms with E-state index in [4.69, 9.17) is 4.74 Å². The van der Waals surface area contributed by atoms with E-state index in [1.807, 2.05) is 0 Å². The predicted octanol–water partition coefficient (Wildman–Crippen LogP) is 3.79. The Bertz CT molecular complexity index is 319. The Morgan fingerprint density at radius 1 is 1.00 bits per heavy atom. The minimum Gasteiger partial charge on any atom is -0.385 e. The fourth-order valence-electron chi connectivity index (χ4n) is 2.17. The molecule has 108 valence electrons. The highest BCUT2D eigenvalue weighted by Crippen LogP contribution is 2.09. The monoisotopic (exact) mass is 263 g/mol. The van der Waals surface area contributed by atoms with Gasteiger partial charge in [-0.3, -0.25) is 0 Å². The van der Waals surface area contributed by atoms with E-state index in [2.05, 4.69) is 43.4 Å². The first-order chi connectivity index (χ1) is 9.22. The van der Waals surface area contributed by atoms with Crippen LogP contribution in [0.25, 0.3) is 0 Å². The van der Waals surface area contributed by atoms with Crippen LogP contribution in [0.15, 0.2) is 24.3 Å². The van der Waals surface area contributed by atoms with Crippen LogP contribution in [0.5, 0.6) is 0 Å². The molecule has 0 saturated heterocycles. The van der Waals surface area contributed by atoms with Crippen molar-refractivity contribution in [3.8, 4) is 0 Å². The lowest BCUT2D eigenvalue weighted by atomic mass is 10.0. The maximum atomic E-state index is 5.04. The average molecular weight is 263 g/mol. The molecule has 0 aliphatic rings. The topological polar surface area (TPSA) is 21.3 Å². The molecule has 0 unspecified atom stereocenters. The van der Waals surface area contributed by atoms with Crippen molar-refractivity contribution >= 4 is 0 Å². The predicted molar refractivity (Wildman–Crippen MR) is 82.4 cm³/mol. The van der Waals surface area contributed by atoms with Gasteiger partial charge in [0.25, 0.3) is 0 Å². The maximum Gasteiger partial charge on any atom is 0.0462 e. The Labute approximate surface area is 118 Å². The van der Waals surface area contributed by atoms with Crippen molar-refractivity contribution < 1.29 is 4.74 Å². The lowest BCUT2D eigenvalue weighted by Gasteiger charge is -2.08. The average Bonchev–Trinajstić information content (AvgIpc) is 2.39. The molecule has 1 aromatic carbocycles. The van der Waals surface area contributed by atoms with E-state index in [0.29, 0.717) is 0 Å². The van der Waals surface area contributed by atoms with Gasteiger partial charge in [0.2, 0.25) is 0 Å². The van der Waals surface area contributed by atoms with Crippen LogP contribution in [0.1, 0.15) is 44.2 Å². The van der Waals surface area contributed by atoms with Gasteiger partial charge < -0.3 is 10.1 Å². The molecule has 0 fully saturated rings. The van der Waals surface area contributed by atoms with Gasteiger partial charge in [-0.15, -0.1) is 0 Å². The van der Waals surface area contributed by atoms with Crippen LogP contribution in [0, 0.1) is 5.92 Å². The number of benzene rings is 1. The van der Waals surface area contributed by atoms with E-state index in [1.54, 1.807) is 7.11 Å². The fourth-order valence-corrected chi connectivity index (χ4v) is 2.17. The van der Waals surface area contributed by atoms with Gasteiger partial charge in [-0.2, -0.15) is 0 Å². The highest BCUT2D eigenvalue weighted by atomic mass is 16.5. The van der Waals surface area contributed by atoms with Gasteiger partial charge in [0, 0.05) is 20.3 Å². The summed E-state index contributed by atoms with van der Waals surface area (Å²) >= 11 is 0. The van der Waals surface area contributed by atoms with Gasteiger partial charge in [0.05, 0.1) is 0 Å². The van der Waals surface area contributed by atoms with Crippen LogP contribution >= 0.6 is 0 Å². The van der Waals surface area contributed by atoms with Crippen LogP contribution in [0.4, 0.5) is 0 Å². The number of nitrogens with one attached hydrogen (secondary N) is 1. The first-order valence-electron chi connectivity index (χ1n) is 7.50. The van der Waals surface area contributed by atoms with Crippen molar-refractivity contribution in [3.63, 3.8) is 0 Å². The first-order valence-corrected chi connectivity index (χ1v) is 7.50. The summed E-state index contributed by atoms with van der Waals surface area (Å²) in [6.07, 6.45) is 4.82. The van der Waals surface area contributed by atoms with E-state index >= 15 is 0 Å². The second-order valence-corrected chi connectivity index (χ2v) is 5.64. The van der Waals surface area contributed by atoms with E-state index < -0.39 is 0 Å². The summed E-state index contributed by atoms with van der Waals surface area (Å²) in [5, 5.41) is 3.50. The molecule has 2 nitrogen and oxygen atoms in total. The molecule has 19 heavy (non-hydrogen) atoms. The fraction of sp³-hybridized carbons (Fsp3) is 0.647. The van der Waals surface area contributed by atoms with Gasteiger partial charge in [0.15, 0.2) is 0 Å². The van der Waals surface area contributed by atoms with Crippen LogP contribution in [-0.4, -0.2) is 20.3 Å². The number of hydrogen-bond acceptors (Lipinski definition) is 2. The zero-order chi connectivity index (χ0) is 13.9. The molecule has 2 heteroatoms. The smallest absolute Gasteiger partial charge is 0.0462 e. The van der Waals surface area contributed by atoms with Crippen molar-refractivity contribution in [2.75, 3.05) is 20.3 Å². The van der Waals surface area contributed by atoms with Crippen LogP contribution in [-0.2, 0) is 17.7 Å². The molecular formula is C17H29NO. The Morgan fingerprint density at radius 2 is 1.68 bits per heavy atom. The summed E-state index contributed by atoms with van der Waals surface area (Å²) < 4.78 is 5.04. The van der Waals surface area contributed by atoms with E-state index in [0.717, 1.165) is 25.6 Å². The van der Waals surface area contributed by atoms with Crippen LogP contribution < -0.4 is 5.32 Å². The van der Waals surface area contributed by atoms with Gasteiger partial charge in [-0.05, 0) is 49.3 Å². The van der Waals surface area contributed by atoms with Crippen molar-refractivity contribution in [1.82, 2.24) is 5.32 Å². The second-order valence-electron chi connectivity index (χ2n) is 5.64. The summed E-state index contributed by atoms with van der Waals surface area (Å²) in [5.74, 6) is 0.732. The Kier molecular flexibility index (Phi) is 8.52. The van der Waals surface area contributed by atoms with Crippen molar-refractivity contribution in [2.45, 2.75) is 46.1 Å². The third kappa shape index (κ3) is 8.02. The van der Waals surface area contributed by atoms with Crippen molar-refractivity contribution in [3.05, 3.63) is 35.4 Å². The standard InChI is InChI=1S/C17H29NO/c1-15(2)13-16-7-9-17(10-8-16)14-18-11-5-4-6-12-19-3/h7-10,15,18H,4-6,11-14H2,1-3H3. The lowest BCUT2D eigenvalue weighted by Crippen LogP contribution is -2.14. The number of ether oxygens (including phenoxy) is 1. The van der Waals surface area contributed by atoms with Crippen molar-refractivity contribution in [2.24, 2.45) is 5.92 Å². The number of hydrogen-bond donors (Lipinski definition) is 1. The normalized spacial score (nSPS) is 11.2. The molecule has 0 spiro atoms. The zero-order valence-corrected chi connectivity index (χ0v) is 12.7. The Morgan fingerprint density at radius 3 is 2.32 bits per heavy atom. The van der Waals surface area contributed by atoms with E-state index in [-0.39, 0.29) is 0 Å². The van der Waals surface area contributed by atoms with Gasteiger partial charge in [-0.25, -0.2) is 0 Å². The summed E-state index contributed by atoms with van der Waals surface area (Å²) in [7, 11) is 1.77. The molecule has 1 rings (SSSR count). The minimum atomic E-state index is 0.732. The van der Waals surface area contributed by atoms with Gasteiger partial charge in [0.1, 0.15) is 0 Å². The summed E-state index contributed by atoms with van der Waals surface area (Å²) in [6, 6.07) is 9.01. The third-order valence-electron chi connectivity index (χ3n) is 3.20. The quantitative estimate of drug-likeness (QED) is 0.648. The Hall–Kier alpha value is -0.860. The second kappa shape index (κ2) is 9.99. The van der Waals surface area contributed by atoms with Gasteiger partial charge in [-0.1, -0.05) is 38.1 Å². The van der Waals surface area contributed by atoms with Crippen LogP contribution in [0.3, 0.4) is 0 Å². The number of unbranched alkanes of at least 4 members (excludes halogenated alkanes) is 2. The largest absolute Gasteiger partial charge is 0.385 e. The molecule has 0 heterocycles. The zero-order valence-electron chi connectivity index (χ0n) is 12.7. The molecule has 0 radical (unpaired) electrons. The molecule has 0 aromatic heterocycles. The molecule has 1 aromatic rings. The molecule has 0 aliphatic heterocycles. The molecule has 0 saturated carbocycles. The summed E-state index contributed by atoms with van der Waals surface area (Å²) in [6.45, 7) is 7.49. The minimum absolute atomic E-state index is 0.732. The number of rotatable bonds is 10. The van der Waals surface area contributed by atoms with E-state index in [9.17, 15) is 0 Å². The molecule has 0 atom stereocenters. The molecule has 0 bridgehead atoms. The first kappa shape index (κ1) is 16.2. The SMILES string of the molecule is COCCCCCNCc1ccc(CC(C)C)cc1. The molecule has 1 N–H and O–H groups in total. The number of methoxy groups -OCH3 is 1. The van der Waals surface area contributed by atoms with Crippen molar-refractivity contribution in [1.29, 1.82) is 0 Å². The Balaban J connectivity index is 2.12. The van der Waals surface area contributed by atoms with Gasteiger partial charge >= 0.3 is 0 Å².